The van der Waals surface area contributed by atoms with Gasteiger partial charge in [-0.1, -0.05) is 30.3 Å². The van der Waals surface area contributed by atoms with Crippen molar-refractivity contribution in [1.82, 2.24) is 4.98 Å². The Labute approximate surface area is 155 Å². The number of thiazole rings is 1. The molecular weight excluding hydrogens is 356 g/mol. The zero-order valence-corrected chi connectivity index (χ0v) is 15.3. The van der Waals surface area contributed by atoms with E-state index in [1.807, 2.05) is 37.3 Å². The fraction of sp³-hybridized carbons (Fsp3) is 0.500. The van der Waals surface area contributed by atoms with Crippen LogP contribution in [0.1, 0.15) is 16.1 Å². The average molecular weight is 380 g/mol. The number of hydrogen-bond donors (Lipinski definition) is 5. The van der Waals surface area contributed by atoms with Gasteiger partial charge in [0.1, 0.15) is 24.4 Å². The van der Waals surface area contributed by atoms with Gasteiger partial charge >= 0.3 is 0 Å². The van der Waals surface area contributed by atoms with Crippen LogP contribution in [0.25, 0.3) is 0 Å². The van der Waals surface area contributed by atoms with E-state index in [1.54, 1.807) is 0 Å². The molecule has 142 valence electrons. The molecule has 0 aliphatic carbocycles. The third-order valence-electron chi connectivity index (χ3n) is 4.56. The molecule has 1 saturated heterocycles. The van der Waals surface area contributed by atoms with Gasteiger partial charge in [0.2, 0.25) is 0 Å². The van der Waals surface area contributed by atoms with Crippen LogP contribution < -0.4 is 5.32 Å². The van der Waals surface area contributed by atoms with Gasteiger partial charge in [-0.25, -0.2) is 4.98 Å². The Bertz CT molecular complexity index is 709. The maximum absolute atomic E-state index is 10.2. The number of anilines is 1. The predicted octanol–water partition coefficient (Wildman–Crippen LogP) is 0.449. The Morgan fingerprint density at radius 1 is 1.08 bits per heavy atom. The maximum atomic E-state index is 10.2. The van der Waals surface area contributed by atoms with Gasteiger partial charge < -0.3 is 30.5 Å². The molecule has 1 fully saturated rings. The van der Waals surface area contributed by atoms with E-state index >= 15 is 0 Å². The topological polar surface area (TPSA) is 115 Å². The van der Waals surface area contributed by atoms with E-state index < -0.39 is 37.1 Å². The third-order valence-corrected chi connectivity index (χ3v) is 5.69. The second kappa shape index (κ2) is 8.43. The summed E-state index contributed by atoms with van der Waals surface area (Å²) in [5.74, 6) is 0. The van der Waals surface area contributed by atoms with Crippen molar-refractivity contribution in [1.29, 1.82) is 0 Å². The predicted molar refractivity (Wildman–Crippen MR) is 98.1 cm³/mol. The highest BCUT2D eigenvalue weighted by Gasteiger charge is 2.43. The number of benzene rings is 1. The molecule has 1 aromatic heterocycles. The fourth-order valence-corrected chi connectivity index (χ4v) is 4.00. The lowest BCUT2D eigenvalue weighted by molar-refractivity contribution is -0.228. The molecule has 8 heteroatoms. The van der Waals surface area contributed by atoms with Gasteiger partial charge in [0.15, 0.2) is 5.13 Å². The van der Waals surface area contributed by atoms with Crippen molar-refractivity contribution in [3.63, 3.8) is 0 Å². The number of aliphatic hydroxyl groups is 4. The number of aryl methyl sites for hydroxylation is 1. The number of hydrogen-bond acceptors (Lipinski definition) is 8. The third kappa shape index (κ3) is 4.22. The summed E-state index contributed by atoms with van der Waals surface area (Å²) in [6.45, 7) is 2.11. The lowest BCUT2D eigenvalue weighted by Gasteiger charge is -2.40. The molecule has 7 nitrogen and oxygen atoms in total. The fourth-order valence-electron chi connectivity index (χ4n) is 3.00. The molecular formula is C18H24N2O5S. The smallest absolute Gasteiger partial charge is 0.183 e. The first-order valence-corrected chi connectivity index (χ1v) is 9.36. The summed E-state index contributed by atoms with van der Waals surface area (Å²) < 4.78 is 5.58. The van der Waals surface area contributed by atoms with Gasteiger partial charge in [0.25, 0.3) is 0 Å². The quantitative estimate of drug-likeness (QED) is 0.494. The molecule has 2 heterocycles. The highest BCUT2D eigenvalue weighted by Crippen LogP contribution is 2.29. The summed E-state index contributed by atoms with van der Waals surface area (Å²) in [4.78, 5) is 5.42. The normalized spacial score (nSPS) is 28.9. The monoisotopic (exact) mass is 380 g/mol. The van der Waals surface area contributed by atoms with Gasteiger partial charge in [-0.2, -0.15) is 0 Å². The van der Waals surface area contributed by atoms with Crippen LogP contribution >= 0.6 is 11.3 Å². The molecule has 1 aliphatic heterocycles. The number of rotatable bonds is 6. The molecule has 26 heavy (non-hydrogen) atoms. The second-order valence-electron chi connectivity index (χ2n) is 6.44. The number of nitrogens with zero attached hydrogens (tertiary/aromatic N) is 1. The number of ether oxygens (including phenoxy) is 1. The molecule has 0 bridgehead atoms. The van der Waals surface area contributed by atoms with E-state index in [2.05, 4.69) is 10.3 Å². The Morgan fingerprint density at radius 2 is 1.77 bits per heavy atom. The molecule has 0 amide bonds. The SMILES string of the molecule is Cc1nc(NCc2ccccc2)sc1C[C@@H]1O[C@H](CO)[C@H](O)[C@H](O)[C@H]1O. The first-order valence-electron chi connectivity index (χ1n) is 8.54. The minimum absolute atomic E-state index is 0.345. The van der Waals surface area contributed by atoms with E-state index in [9.17, 15) is 20.4 Å². The molecule has 0 radical (unpaired) electrons. The molecule has 1 aromatic carbocycles. The largest absolute Gasteiger partial charge is 0.394 e. The molecule has 0 saturated carbocycles. The van der Waals surface area contributed by atoms with Crippen LogP contribution in [0.4, 0.5) is 5.13 Å². The highest BCUT2D eigenvalue weighted by molar-refractivity contribution is 7.15. The van der Waals surface area contributed by atoms with Crippen molar-refractivity contribution >= 4 is 16.5 Å². The number of nitrogens with one attached hydrogen (secondary N) is 1. The van der Waals surface area contributed by atoms with Gasteiger partial charge in [-0.05, 0) is 12.5 Å². The lowest BCUT2D eigenvalue weighted by Crippen LogP contribution is -2.58. The Hall–Kier alpha value is -1.55. The van der Waals surface area contributed by atoms with Crippen LogP contribution in [0.2, 0.25) is 0 Å². The maximum Gasteiger partial charge on any atom is 0.183 e. The van der Waals surface area contributed by atoms with Crippen molar-refractivity contribution in [2.75, 3.05) is 11.9 Å². The second-order valence-corrected chi connectivity index (χ2v) is 7.52. The summed E-state index contributed by atoms with van der Waals surface area (Å²) in [6, 6.07) is 9.99. The standard InChI is InChI=1S/C18H24N2O5S/c1-10-14(7-12-15(22)17(24)16(23)13(9-21)25-12)26-18(20-10)19-8-11-5-3-2-4-6-11/h2-6,12-13,15-17,21-24H,7-9H2,1H3,(H,19,20)/t12-,13+,15-,16-,17+/m0/s1. The molecule has 3 rings (SSSR count). The molecule has 0 spiro atoms. The summed E-state index contributed by atoms with van der Waals surface area (Å²) in [5, 5.41) is 43.3. The highest BCUT2D eigenvalue weighted by atomic mass is 32.1. The van der Waals surface area contributed by atoms with E-state index in [0.29, 0.717) is 13.0 Å². The number of aliphatic hydroxyl groups excluding tert-OH is 4. The van der Waals surface area contributed by atoms with Crippen LogP contribution in [-0.2, 0) is 17.7 Å². The van der Waals surface area contributed by atoms with Crippen molar-refractivity contribution in [2.24, 2.45) is 0 Å². The lowest BCUT2D eigenvalue weighted by atomic mass is 9.93. The molecule has 0 unspecified atom stereocenters. The molecule has 1 aliphatic rings. The van der Waals surface area contributed by atoms with Gasteiger partial charge in [-0.15, -0.1) is 11.3 Å². The van der Waals surface area contributed by atoms with E-state index in [-0.39, 0.29) is 0 Å². The van der Waals surface area contributed by atoms with Crippen LogP contribution in [-0.4, -0.2) is 62.5 Å². The summed E-state index contributed by atoms with van der Waals surface area (Å²) in [6.07, 6.45) is -5.17. The van der Waals surface area contributed by atoms with Crippen molar-refractivity contribution in [3.8, 4) is 0 Å². The first kappa shape index (κ1) is 19.2. The summed E-state index contributed by atoms with van der Waals surface area (Å²) >= 11 is 1.47. The van der Waals surface area contributed by atoms with Crippen molar-refractivity contribution < 1.29 is 25.2 Å². The summed E-state index contributed by atoms with van der Waals surface area (Å²) in [5.41, 5.74) is 1.97. The van der Waals surface area contributed by atoms with Crippen LogP contribution in [0.15, 0.2) is 30.3 Å². The van der Waals surface area contributed by atoms with Crippen LogP contribution in [0.3, 0.4) is 0 Å². The first-order chi connectivity index (χ1) is 12.5. The Balaban J connectivity index is 1.65. The molecule has 2 aromatic rings. The summed E-state index contributed by atoms with van der Waals surface area (Å²) in [7, 11) is 0. The number of aromatic nitrogens is 1. The van der Waals surface area contributed by atoms with Crippen LogP contribution in [0.5, 0.6) is 0 Å². The minimum Gasteiger partial charge on any atom is -0.394 e. The van der Waals surface area contributed by atoms with Gasteiger partial charge in [-0.3, -0.25) is 0 Å². The minimum atomic E-state index is -1.35. The van der Waals surface area contributed by atoms with Crippen LogP contribution in [0, 0.1) is 6.92 Å². The van der Waals surface area contributed by atoms with E-state index in [1.165, 1.54) is 11.3 Å². The molecule has 5 N–H and O–H groups in total. The zero-order valence-electron chi connectivity index (χ0n) is 14.4. The Morgan fingerprint density at radius 3 is 2.46 bits per heavy atom. The van der Waals surface area contributed by atoms with Crippen molar-refractivity contribution in [3.05, 3.63) is 46.5 Å². The average Bonchev–Trinajstić information content (AvgIpc) is 3.01. The Kier molecular flexibility index (Phi) is 6.23. The van der Waals surface area contributed by atoms with Crippen molar-refractivity contribution in [2.45, 2.75) is 50.4 Å². The van der Waals surface area contributed by atoms with E-state index in [4.69, 9.17) is 4.74 Å². The van der Waals surface area contributed by atoms with E-state index in [0.717, 1.165) is 21.3 Å². The molecule has 5 atom stereocenters. The zero-order chi connectivity index (χ0) is 18.7. The van der Waals surface area contributed by atoms with Gasteiger partial charge in [0.05, 0.1) is 18.4 Å². The van der Waals surface area contributed by atoms with Gasteiger partial charge in [0, 0.05) is 17.8 Å².